The fourth-order valence-electron chi connectivity index (χ4n) is 1.71. The SMILES string of the molecule is CC(C)c1cccc([C@H](O)c2ccsc2)c1. The van der Waals surface area contributed by atoms with E-state index in [0.29, 0.717) is 5.92 Å². The Balaban J connectivity index is 2.30. The van der Waals surface area contributed by atoms with Gasteiger partial charge in [0, 0.05) is 0 Å². The van der Waals surface area contributed by atoms with Crippen molar-refractivity contribution in [2.45, 2.75) is 25.9 Å². The summed E-state index contributed by atoms with van der Waals surface area (Å²) in [5.41, 5.74) is 3.22. The average Bonchev–Trinajstić information content (AvgIpc) is 2.81. The lowest BCUT2D eigenvalue weighted by atomic mass is 9.97. The van der Waals surface area contributed by atoms with Crippen molar-refractivity contribution in [1.29, 1.82) is 0 Å². The predicted molar refractivity (Wildman–Crippen MR) is 68.9 cm³/mol. The van der Waals surface area contributed by atoms with Gasteiger partial charge in [-0.15, -0.1) is 0 Å². The summed E-state index contributed by atoms with van der Waals surface area (Å²) in [6.45, 7) is 4.33. The van der Waals surface area contributed by atoms with Crippen LogP contribution in [0, 0.1) is 0 Å². The Morgan fingerprint density at radius 2 is 1.81 bits per heavy atom. The normalized spacial score (nSPS) is 13.0. The van der Waals surface area contributed by atoms with E-state index < -0.39 is 6.10 Å². The first-order valence-electron chi connectivity index (χ1n) is 5.48. The van der Waals surface area contributed by atoms with Crippen LogP contribution in [0.5, 0.6) is 0 Å². The van der Waals surface area contributed by atoms with Crippen molar-refractivity contribution in [1.82, 2.24) is 0 Å². The maximum absolute atomic E-state index is 10.2. The van der Waals surface area contributed by atoms with E-state index in [9.17, 15) is 5.11 Å². The molecule has 1 nitrogen and oxygen atoms in total. The fraction of sp³-hybridized carbons (Fsp3) is 0.286. The highest BCUT2D eigenvalue weighted by atomic mass is 32.1. The first-order chi connectivity index (χ1) is 7.68. The molecule has 16 heavy (non-hydrogen) atoms. The Bertz CT molecular complexity index is 446. The van der Waals surface area contributed by atoms with E-state index >= 15 is 0 Å². The van der Waals surface area contributed by atoms with E-state index in [-0.39, 0.29) is 0 Å². The van der Waals surface area contributed by atoms with Crippen LogP contribution in [0.3, 0.4) is 0 Å². The zero-order valence-electron chi connectivity index (χ0n) is 9.55. The van der Waals surface area contributed by atoms with Crippen LogP contribution < -0.4 is 0 Å². The first-order valence-corrected chi connectivity index (χ1v) is 6.43. The summed E-state index contributed by atoms with van der Waals surface area (Å²) in [6, 6.07) is 10.2. The van der Waals surface area contributed by atoms with Gasteiger partial charge >= 0.3 is 0 Å². The fourth-order valence-corrected chi connectivity index (χ4v) is 2.39. The molecule has 0 aliphatic heterocycles. The number of benzene rings is 1. The number of hydrogen-bond acceptors (Lipinski definition) is 2. The summed E-state index contributed by atoms with van der Waals surface area (Å²) in [6.07, 6.45) is -0.495. The molecule has 0 aliphatic rings. The van der Waals surface area contributed by atoms with Crippen LogP contribution in [-0.2, 0) is 0 Å². The third-order valence-electron chi connectivity index (χ3n) is 2.75. The van der Waals surface area contributed by atoms with E-state index in [1.807, 2.05) is 29.0 Å². The molecule has 0 unspecified atom stereocenters. The van der Waals surface area contributed by atoms with E-state index in [2.05, 4.69) is 26.0 Å². The van der Waals surface area contributed by atoms with E-state index in [1.165, 1.54) is 5.56 Å². The van der Waals surface area contributed by atoms with Gasteiger partial charge in [0.1, 0.15) is 6.10 Å². The molecule has 0 saturated heterocycles. The number of rotatable bonds is 3. The summed E-state index contributed by atoms with van der Waals surface area (Å²) >= 11 is 1.61. The van der Waals surface area contributed by atoms with Gasteiger partial charge in [-0.05, 0) is 39.4 Å². The molecule has 84 valence electrons. The molecule has 0 aliphatic carbocycles. The number of aliphatic hydroxyl groups is 1. The highest BCUT2D eigenvalue weighted by Crippen LogP contribution is 2.26. The van der Waals surface area contributed by atoms with Crippen LogP contribution in [-0.4, -0.2) is 5.11 Å². The number of hydrogen-bond donors (Lipinski definition) is 1. The minimum atomic E-state index is -0.495. The standard InChI is InChI=1S/C14H16OS/c1-10(2)11-4-3-5-12(8-11)14(15)13-6-7-16-9-13/h3-10,14-15H,1-2H3/t14-/m0/s1. The Hall–Kier alpha value is -1.12. The lowest BCUT2D eigenvalue weighted by Crippen LogP contribution is -1.99. The minimum absolute atomic E-state index is 0.495. The van der Waals surface area contributed by atoms with Gasteiger partial charge in [-0.25, -0.2) is 0 Å². The molecule has 2 rings (SSSR count). The molecule has 1 aromatic carbocycles. The Morgan fingerprint density at radius 3 is 2.44 bits per heavy atom. The number of thiophene rings is 1. The molecule has 2 heteroatoms. The Labute approximate surface area is 100 Å². The van der Waals surface area contributed by atoms with Gasteiger partial charge < -0.3 is 5.11 Å². The highest BCUT2D eigenvalue weighted by molar-refractivity contribution is 7.07. The summed E-state index contributed by atoms with van der Waals surface area (Å²) in [5.74, 6) is 0.495. The summed E-state index contributed by atoms with van der Waals surface area (Å²) in [5, 5.41) is 14.2. The molecule has 1 aromatic heterocycles. The van der Waals surface area contributed by atoms with E-state index in [0.717, 1.165) is 11.1 Å². The maximum Gasteiger partial charge on any atom is 0.105 e. The molecular formula is C14H16OS. The van der Waals surface area contributed by atoms with E-state index in [4.69, 9.17) is 0 Å². The van der Waals surface area contributed by atoms with Crippen molar-refractivity contribution in [3.05, 3.63) is 57.8 Å². The molecule has 2 aromatic rings. The van der Waals surface area contributed by atoms with Gasteiger partial charge in [-0.3, -0.25) is 0 Å². The van der Waals surface area contributed by atoms with E-state index in [1.54, 1.807) is 11.3 Å². The second-order valence-corrected chi connectivity index (χ2v) is 5.06. The van der Waals surface area contributed by atoms with Crippen molar-refractivity contribution in [3.8, 4) is 0 Å². The van der Waals surface area contributed by atoms with Gasteiger partial charge in [0.2, 0.25) is 0 Å². The average molecular weight is 232 g/mol. The second-order valence-electron chi connectivity index (χ2n) is 4.28. The lowest BCUT2D eigenvalue weighted by molar-refractivity contribution is 0.220. The Kier molecular flexibility index (Phi) is 3.42. The van der Waals surface area contributed by atoms with Gasteiger partial charge in [-0.2, -0.15) is 11.3 Å². The van der Waals surface area contributed by atoms with Crippen molar-refractivity contribution < 1.29 is 5.11 Å². The molecule has 0 spiro atoms. The molecule has 1 N–H and O–H groups in total. The molecule has 0 saturated carbocycles. The zero-order valence-corrected chi connectivity index (χ0v) is 10.4. The largest absolute Gasteiger partial charge is 0.384 e. The molecule has 1 heterocycles. The zero-order chi connectivity index (χ0) is 11.5. The van der Waals surface area contributed by atoms with Gasteiger partial charge in [0.05, 0.1) is 0 Å². The van der Waals surface area contributed by atoms with Crippen LogP contribution in [0.4, 0.5) is 0 Å². The van der Waals surface area contributed by atoms with Gasteiger partial charge in [0.25, 0.3) is 0 Å². The molecule has 0 bridgehead atoms. The maximum atomic E-state index is 10.2. The number of aliphatic hydroxyl groups excluding tert-OH is 1. The molecule has 0 amide bonds. The van der Waals surface area contributed by atoms with Crippen molar-refractivity contribution >= 4 is 11.3 Å². The van der Waals surface area contributed by atoms with Crippen LogP contribution in [0.1, 0.15) is 42.6 Å². The third kappa shape index (κ3) is 2.34. The van der Waals surface area contributed by atoms with Crippen LogP contribution >= 0.6 is 11.3 Å². The quantitative estimate of drug-likeness (QED) is 0.849. The smallest absolute Gasteiger partial charge is 0.105 e. The van der Waals surface area contributed by atoms with Crippen LogP contribution in [0.15, 0.2) is 41.1 Å². The van der Waals surface area contributed by atoms with Gasteiger partial charge in [0.15, 0.2) is 0 Å². The van der Waals surface area contributed by atoms with Crippen molar-refractivity contribution in [2.75, 3.05) is 0 Å². The van der Waals surface area contributed by atoms with Crippen LogP contribution in [0.2, 0.25) is 0 Å². The first kappa shape index (κ1) is 11.4. The molecule has 0 fully saturated rings. The van der Waals surface area contributed by atoms with Crippen molar-refractivity contribution in [3.63, 3.8) is 0 Å². The monoisotopic (exact) mass is 232 g/mol. The topological polar surface area (TPSA) is 20.2 Å². The summed E-state index contributed by atoms with van der Waals surface area (Å²) in [7, 11) is 0. The summed E-state index contributed by atoms with van der Waals surface area (Å²) in [4.78, 5) is 0. The molecular weight excluding hydrogens is 216 g/mol. The predicted octanol–water partition coefficient (Wildman–Crippen LogP) is 3.95. The molecule has 1 atom stereocenters. The van der Waals surface area contributed by atoms with Gasteiger partial charge in [-0.1, -0.05) is 38.1 Å². The lowest BCUT2D eigenvalue weighted by Gasteiger charge is -2.12. The third-order valence-corrected chi connectivity index (χ3v) is 3.45. The minimum Gasteiger partial charge on any atom is -0.384 e. The van der Waals surface area contributed by atoms with Crippen LogP contribution in [0.25, 0.3) is 0 Å². The second kappa shape index (κ2) is 4.81. The summed E-state index contributed by atoms with van der Waals surface area (Å²) < 4.78 is 0. The Morgan fingerprint density at radius 1 is 1.06 bits per heavy atom. The molecule has 0 radical (unpaired) electrons. The van der Waals surface area contributed by atoms with Crippen molar-refractivity contribution in [2.24, 2.45) is 0 Å². The highest BCUT2D eigenvalue weighted by Gasteiger charge is 2.11.